The van der Waals surface area contributed by atoms with Gasteiger partial charge < -0.3 is 35.7 Å². The number of aliphatic hydroxyl groups is 5. The maximum Gasteiger partial charge on any atom is 0.299 e. The second-order valence-corrected chi connectivity index (χ2v) is 16.6. The summed E-state index contributed by atoms with van der Waals surface area (Å²) in [6.45, 7) is 16.1. The highest BCUT2D eigenvalue weighted by molar-refractivity contribution is 5.90. The van der Waals surface area contributed by atoms with Crippen LogP contribution in [0.3, 0.4) is 0 Å². The fourth-order valence-corrected chi connectivity index (χ4v) is 8.45. The molecule has 6 aromatic rings. The molecular formula is C59H55NO7. The van der Waals surface area contributed by atoms with Crippen LogP contribution in [0.25, 0.3) is 50.1 Å². The molecule has 0 heterocycles. The number of aromatic hydroxyl groups is 2. The van der Waals surface area contributed by atoms with Crippen LogP contribution >= 0.6 is 0 Å². The smallest absolute Gasteiger partial charge is 0.299 e. The molecule has 7 rings (SSSR count). The molecule has 0 spiro atoms. The van der Waals surface area contributed by atoms with E-state index in [-0.39, 0.29) is 33.7 Å². The van der Waals surface area contributed by atoms with E-state index in [4.69, 9.17) is 0 Å². The van der Waals surface area contributed by atoms with E-state index in [0.29, 0.717) is 27.8 Å². The second kappa shape index (κ2) is 19.8. The van der Waals surface area contributed by atoms with Gasteiger partial charge in [-0.1, -0.05) is 165 Å². The van der Waals surface area contributed by atoms with Crippen LogP contribution in [0.1, 0.15) is 61.4 Å². The molecule has 0 radical (unpaired) electrons. The molecule has 0 aliphatic heterocycles. The van der Waals surface area contributed by atoms with Gasteiger partial charge in [0.2, 0.25) is 0 Å². The lowest BCUT2D eigenvalue weighted by molar-refractivity contribution is 0.185. The normalized spacial score (nSPS) is 13.4. The van der Waals surface area contributed by atoms with E-state index in [1.54, 1.807) is 32.9 Å². The number of hydrogen-bond acceptors (Lipinski definition) is 8. The number of anilines is 1. The zero-order chi connectivity index (χ0) is 48.1. The van der Waals surface area contributed by atoms with E-state index in [1.165, 1.54) is 13.8 Å². The molecule has 8 nitrogen and oxygen atoms in total. The third kappa shape index (κ3) is 9.42. The minimum atomic E-state index is -1.27. The van der Waals surface area contributed by atoms with E-state index >= 15 is 0 Å². The standard InChI is InChI=1S/C59H55NO7/c1-35(36(2)42-23-27-47(28-24-42)44-17-11-8-12-18-44)37(3)53(59(66)67)60(54(41(7)61)58(65)57(64)38(4)43-25-29-48(30-26-43)45-19-13-9-14-20-45)52-40(6)55(62)51(39(5)56(52)63)50-33-31-49(32-34-50)46-21-15-10-16-22-46/h9-11,13-34,61-67H,2,4,8,12H2,1,3,5-7H3/b37-35-,54-41-,58-57-. The monoisotopic (exact) mass is 889 g/mol. The van der Waals surface area contributed by atoms with Crippen molar-refractivity contribution in [2.75, 3.05) is 4.90 Å². The number of phenols is 2. The molecule has 0 saturated carbocycles. The van der Waals surface area contributed by atoms with Crippen LogP contribution < -0.4 is 4.90 Å². The Bertz CT molecular complexity index is 3020. The second-order valence-electron chi connectivity index (χ2n) is 16.6. The Morgan fingerprint density at radius 1 is 0.493 bits per heavy atom. The fourth-order valence-electron chi connectivity index (χ4n) is 8.45. The third-order valence-electron chi connectivity index (χ3n) is 12.4. The van der Waals surface area contributed by atoms with Crippen molar-refractivity contribution in [3.63, 3.8) is 0 Å². The molecular weight excluding hydrogens is 835 g/mol. The lowest BCUT2D eigenvalue weighted by Crippen LogP contribution is -2.29. The number of benzene rings is 6. The van der Waals surface area contributed by atoms with Crippen LogP contribution in [0.2, 0.25) is 0 Å². The summed E-state index contributed by atoms with van der Waals surface area (Å²) in [5.74, 6) is -4.24. The molecule has 8 heteroatoms. The SMILES string of the molecule is C=C(/C(C)=C(/C)C(=C(O)O)N(C(=C(/C)O)/C(O)=C(/O)C(=C)c1ccc(-c2ccccc2)cc1)c1c(C)c(O)c(-c2ccc(-c3ccccc3)cc2)c(C)c1O)c1ccc(C2=CCCC=C2)cc1. The largest absolute Gasteiger partial charge is 0.510 e. The van der Waals surface area contributed by atoms with Crippen LogP contribution in [0.4, 0.5) is 5.69 Å². The van der Waals surface area contributed by atoms with Gasteiger partial charge in [-0.2, -0.15) is 0 Å². The molecule has 1 aliphatic rings. The number of nitrogens with zero attached hydrogens (tertiary/aromatic N) is 1. The van der Waals surface area contributed by atoms with Crippen molar-refractivity contribution in [2.45, 2.75) is 47.5 Å². The van der Waals surface area contributed by atoms with Crippen LogP contribution in [0.15, 0.2) is 211 Å². The van der Waals surface area contributed by atoms with Crippen molar-refractivity contribution in [3.05, 3.63) is 238 Å². The first-order chi connectivity index (χ1) is 32.1. The summed E-state index contributed by atoms with van der Waals surface area (Å²) in [7, 11) is 0. The van der Waals surface area contributed by atoms with Gasteiger partial charge in [0.1, 0.15) is 28.7 Å². The minimum Gasteiger partial charge on any atom is -0.510 e. The Morgan fingerprint density at radius 2 is 0.970 bits per heavy atom. The first-order valence-electron chi connectivity index (χ1n) is 22.0. The van der Waals surface area contributed by atoms with Gasteiger partial charge in [-0.25, -0.2) is 0 Å². The molecule has 67 heavy (non-hydrogen) atoms. The molecule has 0 amide bonds. The molecule has 7 N–H and O–H groups in total. The van der Waals surface area contributed by atoms with Gasteiger partial charge in [-0.05, 0) is 114 Å². The predicted molar refractivity (Wildman–Crippen MR) is 274 cm³/mol. The molecule has 0 bridgehead atoms. The highest BCUT2D eigenvalue weighted by atomic mass is 16.5. The van der Waals surface area contributed by atoms with E-state index in [0.717, 1.165) is 56.7 Å². The summed E-state index contributed by atoms with van der Waals surface area (Å²) < 4.78 is 0. The van der Waals surface area contributed by atoms with Crippen LogP contribution in [0.5, 0.6) is 11.5 Å². The van der Waals surface area contributed by atoms with Gasteiger partial charge in [-0.3, -0.25) is 4.90 Å². The van der Waals surface area contributed by atoms with E-state index in [1.807, 2.05) is 121 Å². The van der Waals surface area contributed by atoms with E-state index < -0.39 is 40.4 Å². The average Bonchev–Trinajstić information content (AvgIpc) is 3.35. The number of allylic oxidation sites excluding steroid dienone is 9. The van der Waals surface area contributed by atoms with Crippen molar-refractivity contribution >= 4 is 22.4 Å². The Kier molecular flexibility index (Phi) is 13.8. The van der Waals surface area contributed by atoms with Crippen LogP contribution in [0, 0.1) is 13.8 Å². The number of rotatable bonds is 13. The third-order valence-corrected chi connectivity index (χ3v) is 12.4. The number of hydrogen-bond donors (Lipinski definition) is 7. The highest BCUT2D eigenvalue weighted by Gasteiger charge is 2.35. The quantitative estimate of drug-likeness (QED) is 0.0345. The molecule has 6 aromatic carbocycles. The van der Waals surface area contributed by atoms with Gasteiger partial charge in [0.25, 0.3) is 5.95 Å². The topological polar surface area (TPSA) is 145 Å². The summed E-state index contributed by atoms with van der Waals surface area (Å²) in [6.07, 6.45) is 8.37. The minimum absolute atomic E-state index is 0.0245. The lowest BCUT2D eigenvalue weighted by Gasteiger charge is -2.34. The summed E-state index contributed by atoms with van der Waals surface area (Å²) in [5.41, 5.74) is 8.24. The van der Waals surface area contributed by atoms with Crippen molar-refractivity contribution < 1.29 is 35.7 Å². The van der Waals surface area contributed by atoms with Gasteiger partial charge in [0.05, 0.1) is 5.69 Å². The lowest BCUT2D eigenvalue weighted by atomic mass is 9.91. The number of phenolic OH excluding ortho intramolecular Hbond substituents is 2. The zero-order valence-electron chi connectivity index (χ0n) is 38.3. The van der Waals surface area contributed by atoms with E-state index in [2.05, 4.69) is 31.4 Å². The fraction of sp³-hybridized carbons (Fsp3) is 0.119. The Hall–Kier alpha value is -8.36. The number of aliphatic hydroxyl groups excluding tert-OH is 4. The Morgan fingerprint density at radius 3 is 1.46 bits per heavy atom. The molecule has 0 unspecified atom stereocenters. The summed E-state index contributed by atoms with van der Waals surface area (Å²) >= 11 is 0. The van der Waals surface area contributed by atoms with Crippen molar-refractivity contribution in [3.8, 4) is 44.9 Å². The molecule has 0 saturated heterocycles. The van der Waals surface area contributed by atoms with Crippen LogP contribution in [-0.2, 0) is 0 Å². The van der Waals surface area contributed by atoms with Crippen molar-refractivity contribution in [1.82, 2.24) is 0 Å². The first kappa shape index (κ1) is 46.6. The average molecular weight is 890 g/mol. The Balaban J connectivity index is 1.39. The van der Waals surface area contributed by atoms with Gasteiger partial charge in [0.15, 0.2) is 11.5 Å². The van der Waals surface area contributed by atoms with Gasteiger partial charge in [-0.15, -0.1) is 0 Å². The first-order valence-corrected chi connectivity index (χ1v) is 22.0. The van der Waals surface area contributed by atoms with Crippen molar-refractivity contribution in [2.24, 2.45) is 0 Å². The molecule has 0 aromatic heterocycles. The molecule has 0 atom stereocenters. The van der Waals surface area contributed by atoms with Crippen molar-refractivity contribution in [1.29, 1.82) is 0 Å². The Labute approximate surface area is 392 Å². The van der Waals surface area contributed by atoms with Gasteiger partial charge in [0, 0.05) is 22.3 Å². The zero-order valence-corrected chi connectivity index (χ0v) is 38.3. The van der Waals surface area contributed by atoms with E-state index in [9.17, 15) is 35.7 Å². The maximum absolute atomic E-state index is 12.4. The van der Waals surface area contributed by atoms with Crippen LogP contribution in [-0.4, -0.2) is 35.7 Å². The summed E-state index contributed by atoms with van der Waals surface area (Å²) in [6, 6.07) is 42.0. The summed E-state index contributed by atoms with van der Waals surface area (Å²) in [5, 5.41) is 83.2. The highest BCUT2D eigenvalue weighted by Crippen LogP contribution is 2.51. The molecule has 1 aliphatic carbocycles. The molecule has 338 valence electrons. The summed E-state index contributed by atoms with van der Waals surface area (Å²) in [4.78, 5) is 1.03. The molecule has 0 fully saturated rings. The predicted octanol–water partition coefficient (Wildman–Crippen LogP) is 15.4. The van der Waals surface area contributed by atoms with Gasteiger partial charge >= 0.3 is 0 Å². The maximum atomic E-state index is 12.4.